The lowest BCUT2D eigenvalue weighted by Crippen LogP contribution is -2.19. The van der Waals surface area contributed by atoms with Gasteiger partial charge in [-0.25, -0.2) is 4.98 Å². The number of hydrogen-bond acceptors (Lipinski definition) is 4. The maximum Gasteiger partial charge on any atom is 0.280 e. The Hall–Kier alpha value is -4.58. The third-order valence-electron chi connectivity index (χ3n) is 5.84. The largest absolute Gasteiger partial charge is 0.288 e. The van der Waals surface area contributed by atoms with Crippen LogP contribution in [0.1, 0.15) is 5.69 Å². The number of nitrogens with one attached hydrogen (secondary N) is 1. The highest BCUT2D eigenvalue weighted by molar-refractivity contribution is 5.91. The Morgan fingerprint density at radius 2 is 1.39 bits per heavy atom. The quantitative estimate of drug-likeness (QED) is 0.416. The molecule has 6 nitrogen and oxygen atoms in total. The van der Waals surface area contributed by atoms with Crippen LogP contribution in [0.5, 0.6) is 0 Å². The summed E-state index contributed by atoms with van der Waals surface area (Å²) >= 11 is 0. The lowest BCUT2D eigenvalue weighted by Gasteiger charge is -2.07. The van der Waals surface area contributed by atoms with Crippen molar-refractivity contribution in [2.45, 2.75) is 6.92 Å². The zero-order valence-electron chi connectivity index (χ0n) is 17.9. The topological polar surface area (TPSA) is 75.9 Å². The molecule has 0 radical (unpaired) electrons. The number of rotatable bonds is 3. The summed E-state index contributed by atoms with van der Waals surface area (Å²) in [5.74, 6) is 0. The Kier molecular flexibility index (Phi) is 4.36. The van der Waals surface area contributed by atoms with Crippen molar-refractivity contribution < 1.29 is 0 Å². The Morgan fingerprint density at radius 1 is 0.727 bits per heavy atom. The van der Waals surface area contributed by atoms with Crippen LogP contribution in [0.15, 0.2) is 96.1 Å². The third kappa shape index (κ3) is 3.11. The summed E-state index contributed by atoms with van der Waals surface area (Å²) in [5.41, 5.74) is 7.68. The monoisotopic (exact) mass is 429 g/mol. The number of H-pyrrole nitrogens is 1. The molecular formula is C27H19N5O. The second-order valence-corrected chi connectivity index (χ2v) is 7.89. The Balaban J connectivity index is 1.66. The molecule has 0 aliphatic heterocycles. The molecule has 0 unspecified atom stereocenters. The highest BCUT2D eigenvalue weighted by atomic mass is 16.1. The van der Waals surface area contributed by atoms with Gasteiger partial charge >= 0.3 is 0 Å². The minimum Gasteiger partial charge on any atom is -0.288 e. The molecule has 0 saturated carbocycles. The number of aromatic nitrogens is 5. The Labute approximate surface area is 189 Å². The Morgan fingerprint density at radius 3 is 2.12 bits per heavy atom. The molecule has 6 heteroatoms. The SMILES string of the molecule is Cc1nc2c(-c3ccccc3)c(-c3ccccc3)[nH]n2c(=O)c1-c1ccc2nccnc2c1. The van der Waals surface area contributed by atoms with Crippen molar-refractivity contribution >= 4 is 16.7 Å². The van der Waals surface area contributed by atoms with Crippen LogP contribution >= 0.6 is 0 Å². The first-order valence-corrected chi connectivity index (χ1v) is 10.7. The van der Waals surface area contributed by atoms with Crippen LogP contribution in [0.4, 0.5) is 0 Å². The van der Waals surface area contributed by atoms with Gasteiger partial charge in [-0.05, 0) is 30.2 Å². The summed E-state index contributed by atoms with van der Waals surface area (Å²) < 4.78 is 1.55. The lowest BCUT2D eigenvalue weighted by molar-refractivity contribution is 0.897. The Bertz CT molecular complexity index is 1690. The van der Waals surface area contributed by atoms with Gasteiger partial charge in [-0.2, -0.15) is 4.52 Å². The number of aryl methyl sites for hydroxylation is 1. The maximum absolute atomic E-state index is 13.8. The van der Waals surface area contributed by atoms with E-state index in [4.69, 9.17) is 4.98 Å². The molecule has 0 aliphatic carbocycles. The summed E-state index contributed by atoms with van der Waals surface area (Å²) in [5, 5.41) is 3.34. The molecule has 0 spiro atoms. The predicted molar refractivity (Wildman–Crippen MR) is 130 cm³/mol. The van der Waals surface area contributed by atoms with E-state index >= 15 is 0 Å². The van der Waals surface area contributed by atoms with Crippen molar-refractivity contribution in [3.63, 3.8) is 0 Å². The van der Waals surface area contributed by atoms with Gasteiger partial charge in [0.2, 0.25) is 0 Å². The molecule has 1 N–H and O–H groups in total. The van der Waals surface area contributed by atoms with Gasteiger partial charge in [0.1, 0.15) is 0 Å². The number of hydrogen-bond donors (Lipinski definition) is 1. The van der Waals surface area contributed by atoms with Gasteiger partial charge in [0.15, 0.2) is 5.65 Å². The summed E-state index contributed by atoms with van der Waals surface area (Å²) in [6, 6.07) is 25.7. The number of fused-ring (bicyclic) bond motifs is 2. The molecule has 6 aromatic rings. The van der Waals surface area contributed by atoms with E-state index in [9.17, 15) is 4.79 Å². The molecule has 0 bridgehead atoms. The minimum absolute atomic E-state index is 0.153. The fourth-order valence-electron chi connectivity index (χ4n) is 4.32. The van der Waals surface area contributed by atoms with Crippen LogP contribution in [0.25, 0.3) is 50.2 Å². The second-order valence-electron chi connectivity index (χ2n) is 7.89. The van der Waals surface area contributed by atoms with Crippen LogP contribution in [0.2, 0.25) is 0 Å². The average molecular weight is 429 g/mol. The molecular weight excluding hydrogens is 410 g/mol. The number of aromatic amines is 1. The molecule has 3 heterocycles. The minimum atomic E-state index is -0.153. The van der Waals surface area contributed by atoms with Crippen LogP contribution in [0.3, 0.4) is 0 Å². The fourth-order valence-corrected chi connectivity index (χ4v) is 4.32. The average Bonchev–Trinajstić information content (AvgIpc) is 3.24. The normalized spacial score (nSPS) is 11.3. The van der Waals surface area contributed by atoms with Gasteiger partial charge in [0, 0.05) is 18.0 Å². The van der Waals surface area contributed by atoms with Crippen molar-refractivity contribution in [1.29, 1.82) is 0 Å². The summed E-state index contributed by atoms with van der Waals surface area (Å²) in [7, 11) is 0. The summed E-state index contributed by atoms with van der Waals surface area (Å²) in [6.07, 6.45) is 3.31. The van der Waals surface area contributed by atoms with Crippen molar-refractivity contribution in [2.24, 2.45) is 0 Å². The maximum atomic E-state index is 13.8. The highest BCUT2D eigenvalue weighted by Gasteiger charge is 2.21. The second kappa shape index (κ2) is 7.53. The van der Waals surface area contributed by atoms with Crippen molar-refractivity contribution in [1.82, 2.24) is 24.6 Å². The molecule has 0 fully saturated rings. The molecule has 0 atom stereocenters. The molecule has 158 valence electrons. The van der Waals surface area contributed by atoms with Crippen LogP contribution in [0, 0.1) is 6.92 Å². The van der Waals surface area contributed by atoms with E-state index in [-0.39, 0.29) is 5.56 Å². The zero-order valence-corrected chi connectivity index (χ0v) is 17.9. The molecule has 0 saturated heterocycles. The van der Waals surface area contributed by atoms with Crippen LogP contribution in [-0.2, 0) is 0 Å². The van der Waals surface area contributed by atoms with E-state index < -0.39 is 0 Å². The smallest absolute Gasteiger partial charge is 0.280 e. The molecule has 6 rings (SSSR count). The van der Waals surface area contributed by atoms with Crippen molar-refractivity contribution in [2.75, 3.05) is 0 Å². The molecule has 3 aromatic heterocycles. The predicted octanol–water partition coefficient (Wildman–Crippen LogP) is 5.28. The van der Waals surface area contributed by atoms with Gasteiger partial charge in [-0.3, -0.25) is 19.9 Å². The van der Waals surface area contributed by atoms with Gasteiger partial charge in [0.05, 0.1) is 33.5 Å². The van der Waals surface area contributed by atoms with E-state index in [1.807, 2.05) is 85.8 Å². The van der Waals surface area contributed by atoms with E-state index in [0.717, 1.165) is 39.0 Å². The lowest BCUT2D eigenvalue weighted by atomic mass is 10.0. The van der Waals surface area contributed by atoms with E-state index in [2.05, 4.69) is 15.1 Å². The van der Waals surface area contributed by atoms with E-state index in [0.29, 0.717) is 16.9 Å². The number of benzene rings is 3. The third-order valence-corrected chi connectivity index (χ3v) is 5.84. The summed E-state index contributed by atoms with van der Waals surface area (Å²) in [6.45, 7) is 1.88. The van der Waals surface area contributed by atoms with Crippen molar-refractivity contribution in [3.8, 4) is 33.5 Å². The van der Waals surface area contributed by atoms with Crippen LogP contribution in [-0.4, -0.2) is 24.6 Å². The first kappa shape index (κ1) is 19.1. The molecule has 0 amide bonds. The summed E-state index contributed by atoms with van der Waals surface area (Å²) in [4.78, 5) is 27.4. The fraction of sp³-hybridized carbons (Fsp3) is 0.0370. The number of nitrogens with zero attached hydrogens (tertiary/aromatic N) is 4. The highest BCUT2D eigenvalue weighted by Crippen LogP contribution is 2.34. The van der Waals surface area contributed by atoms with Gasteiger partial charge in [-0.15, -0.1) is 0 Å². The molecule has 3 aromatic carbocycles. The van der Waals surface area contributed by atoms with Crippen molar-refractivity contribution in [3.05, 3.63) is 107 Å². The first-order chi connectivity index (χ1) is 16.2. The van der Waals surface area contributed by atoms with E-state index in [1.165, 1.54) is 0 Å². The standard InChI is InChI=1S/C27H19N5O/c1-17-23(20-12-13-21-22(16-20)29-15-14-28-21)27(33)32-26(30-17)24(18-8-4-2-5-9-18)25(31-32)19-10-6-3-7-11-19/h2-16,31H,1H3. The van der Waals surface area contributed by atoms with E-state index in [1.54, 1.807) is 16.9 Å². The van der Waals surface area contributed by atoms with Crippen LogP contribution < -0.4 is 5.56 Å². The zero-order chi connectivity index (χ0) is 22.4. The first-order valence-electron chi connectivity index (χ1n) is 10.7. The van der Waals surface area contributed by atoms with Gasteiger partial charge < -0.3 is 0 Å². The molecule has 0 aliphatic rings. The van der Waals surface area contributed by atoms with Gasteiger partial charge in [-0.1, -0.05) is 66.7 Å². The molecule has 33 heavy (non-hydrogen) atoms. The van der Waals surface area contributed by atoms with Gasteiger partial charge in [0.25, 0.3) is 5.56 Å².